The molecule has 5 aromatic rings. The monoisotopic (exact) mass is 611 g/mol. The van der Waals surface area contributed by atoms with Crippen molar-refractivity contribution in [3.8, 4) is 39.8 Å². The van der Waals surface area contributed by atoms with Crippen molar-refractivity contribution in [3.05, 3.63) is 77.2 Å². The van der Waals surface area contributed by atoms with E-state index in [2.05, 4.69) is 41.3 Å². The number of rotatable bonds is 10. The Labute approximate surface area is 236 Å². The van der Waals surface area contributed by atoms with Gasteiger partial charge in [-0.15, -0.1) is 0 Å². The zero-order chi connectivity index (χ0) is 28.2. The highest BCUT2D eigenvalue weighted by molar-refractivity contribution is 9.10. The number of aromatic nitrogens is 4. The minimum absolute atomic E-state index is 0.0589. The average molecular weight is 612 g/mol. The van der Waals surface area contributed by atoms with Crippen LogP contribution in [0.2, 0.25) is 0 Å². The van der Waals surface area contributed by atoms with Gasteiger partial charge in [0.15, 0.2) is 5.75 Å². The van der Waals surface area contributed by atoms with Gasteiger partial charge >= 0.3 is 6.61 Å². The van der Waals surface area contributed by atoms with Crippen molar-refractivity contribution < 1.29 is 27.7 Å². The van der Waals surface area contributed by atoms with E-state index >= 15 is 0 Å². The zero-order valence-electron chi connectivity index (χ0n) is 21.7. The number of hydrogen-bond donors (Lipinski definition) is 1. The van der Waals surface area contributed by atoms with E-state index in [1.807, 2.05) is 42.5 Å². The standard InChI is InChI=1S/C28H24BrF2N5O4/c1-37-18-6-4-17(26(9-18)38-2)12-32-24-14-33-35-23-8-16(5-7-20(23)24)21-10-22(29)27(39-3)11-25(21)36-15-19(13-34-36)40-28(30)31/h4-11,13-15,28H,12H2,1-3H3,(H,32,35). The molecule has 206 valence electrons. The third kappa shape index (κ3) is 5.62. The van der Waals surface area contributed by atoms with Gasteiger partial charge in [0.1, 0.15) is 17.2 Å². The topological polar surface area (TPSA) is 92.5 Å². The van der Waals surface area contributed by atoms with Crippen LogP contribution in [0.1, 0.15) is 5.56 Å². The van der Waals surface area contributed by atoms with Crippen LogP contribution in [-0.2, 0) is 6.54 Å². The summed E-state index contributed by atoms with van der Waals surface area (Å²) in [7, 11) is 4.77. The summed E-state index contributed by atoms with van der Waals surface area (Å²) in [4.78, 5) is 0. The number of alkyl halides is 2. The quantitative estimate of drug-likeness (QED) is 0.192. The fourth-order valence-electron chi connectivity index (χ4n) is 4.28. The molecule has 5 rings (SSSR count). The molecule has 0 amide bonds. The smallest absolute Gasteiger partial charge is 0.387 e. The molecule has 0 radical (unpaired) electrons. The molecule has 0 aliphatic rings. The molecule has 0 spiro atoms. The fraction of sp³-hybridized carbons (Fsp3) is 0.179. The van der Waals surface area contributed by atoms with Gasteiger partial charge in [0.25, 0.3) is 0 Å². The highest BCUT2D eigenvalue weighted by atomic mass is 79.9. The van der Waals surface area contributed by atoms with E-state index in [4.69, 9.17) is 14.2 Å². The molecular weight excluding hydrogens is 588 g/mol. The van der Waals surface area contributed by atoms with Crippen molar-refractivity contribution in [2.75, 3.05) is 26.6 Å². The van der Waals surface area contributed by atoms with E-state index in [9.17, 15) is 8.78 Å². The van der Waals surface area contributed by atoms with Crippen molar-refractivity contribution in [1.82, 2.24) is 20.0 Å². The van der Waals surface area contributed by atoms with Crippen LogP contribution >= 0.6 is 15.9 Å². The van der Waals surface area contributed by atoms with Crippen molar-refractivity contribution in [1.29, 1.82) is 0 Å². The maximum atomic E-state index is 12.7. The first kappa shape index (κ1) is 27.1. The third-order valence-electron chi connectivity index (χ3n) is 6.22. The summed E-state index contributed by atoms with van der Waals surface area (Å²) in [6.07, 6.45) is 4.28. The highest BCUT2D eigenvalue weighted by Crippen LogP contribution is 2.38. The molecule has 2 heterocycles. The molecule has 0 aliphatic carbocycles. The number of halogens is 3. The third-order valence-corrected chi connectivity index (χ3v) is 6.84. The molecule has 3 aromatic carbocycles. The van der Waals surface area contributed by atoms with Crippen molar-refractivity contribution >= 4 is 32.5 Å². The van der Waals surface area contributed by atoms with Gasteiger partial charge in [-0.25, -0.2) is 4.68 Å². The predicted octanol–water partition coefficient (Wildman–Crippen LogP) is 6.48. The highest BCUT2D eigenvalue weighted by Gasteiger charge is 2.17. The Hall–Kier alpha value is -4.45. The summed E-state index contributed by atoms with van der Waals surface area (Å²) in [5.74, 6) is 1.91. The molecule has 40 heavy (non-hydrogen) atoms. The molecule has 2 aromatic heterocycles. The summed E-state index contributed by atoms with van der Waals surface area (Å²) < 4.78 is 48.4. The van der Waals surface area contributed by atoms with Gasteiger partial charge < -0.3 is 24.3 Å². The Morgan fingerprint density at radius 1 is 0.925 bits per heavy atom. The second-order valence-electron chi connectivity index (χ2n) is 8.52. The van der Waals surface area contributed by atoms with E-state index in [0.29, 0.717) is 39.5 Å². The number of methoxy groups -OCH3 is 3. The minimum atomic E-state index is -2.95. The molecule has 0 fully saturated rings. The summed E-state index contributed by atoms with van der Waals surface area (Å²) in [5, 5.41) is 17.0. The summed E-state index contributed by atoms with van der Waals surface area (Å²) >= 11 is 3.54. The maximum absolute atomic E-state index is 12.7. The van der Waals surface area contributed by atoms with E-state index < -0.39 is 6.61 Å². The molecule has 0 bridgehead atoms. The van der Waals surface area contributed by atoms with Gasteiger partial charge in [0, 0.05) is 35.2 Å². The molecule has 0 saturated heterocycles. The van der Waals surface area contributed by atoms with Gasteiger partial charge in [-0.05, 0) is 51.8 Å². The Morgan fingerprint density at radius 3 is 2.50 bits per heavy atom. The zero-order valence-corrected chi connectivity index (χ0v) is 23.3. The lowest BCUT2D eigenvalue weighted by Gasteiger charge is -2.15. The molecule has 0 atom stereocenters. The van der Waals surface area contributed by atoms with Crippen molar-refractivity contribution in [2.24, 2.45) is 0 Å². The number of nitrogens with zero attached hydrogens (tertiary/aromatic N) is 4. The van der Waals surface area contributed by atoms with E-state index in [-0.39, 0.29) is 5.75 Å². The van der Waals surface area contributed by atoms with Crippen LogP contribution in [0, 0.1) is 0 Å². The maximum Gasteiger partial charge on any atom is 0.387 e. The van der Waals surface area contributed by atoms with E-state index in [1.165, 1.54) is 17.1 Å². The summed E-state index contributed by atoms with van der Waals surface area (Å²) in [5.41, 5.74) is 4.56. The van der Waals surface area contributed by atoms with E-state index in [0.717, 1.165) is 27.8 Å². The number of anilines is 1. The molecule has 1 N–H and O–H groups in total. The fourth-order valence-corrected chi connectivity index (χ4v) is 4.78. The van der Waals surface area contributed by atoms with Gasteiger partial charge in [-0.1, -0.05) is 6.07 Å². The lowest BCUT2D eigenvalue weighted by molar-refractivity contribution is -0.0498. The molecular formula is C28H24BrF2N5O4. The van der Waals surface area contributed by atoms with Crippen molar-refractivity contribution in [3.63, 3.8) is 0 Å². The number of hydrogen-bond acceptors (Lipinski definition) is 8. The second kappa shape index (κ2) is 11.7. The van der Waals surface area contributed by atoms with Crippen LogP contribution in [0.25, 0.3) is 27.7 Å². The SMILES string of the molecule is COc1ccc(CNc2cnnc3cc(-c4cc(Br)c(OC)cc4-n4cc(OC(F)F)cn4)ccc23)c(OC)c1. The van der Waals surface area contributed by atoms with Gasteiger partial charge in [-0.2, -0.15) is 24.1 Å². The van der Waals surface area contributed by atoms with E-state index in [1.54, 1.807) is 33.6 Å². The van der Waals surface area contributed by atoms with Gasteiger partial charge in [0.05, 0.1) is 61.3 Å². The molecule has 0 saturated carbocycles. The molecule has 12 heteroatoms. The van der Waals surface area contributed by atoms with Crippen molar-refractivity contribution in [2.45, 2.75) is 13.2 Å². The number of benzene rings is 3. The summed E-state index contributed by atoms with van der Waals surface area (Å²) in [6.45, 7) is -2.46. The Kier molecular flexibility index (Phi) is 7.96. The first-order valence-electron chi connectivity index (χ1n) is 12.0. The largest absolute Gasteiger partial charge is 0.497 e. The predicted molar refractivity (Wildman–Crippen MR) is 150 cm³/mol. The van der Waals surface area contributed by atoms with Crippen LogP contribution in [-0.4, -0.2) is 47.9 Å². The number of nitrogens with one attached hydrogen (secondary N) is 1. The van der Waals surface area contributed by atoms with Gasteiger partial charge in [0.2, 0.25) is 0 Å². The molecule has 0 aliphatic heterocycles. The lowest BCUT2D eigenvalue weighted by atomic mass is 10.0. The van der Waals surface area contributed by atoms with Crippen LogP contribution in [0.4, 0.5) is 14.5 Å². The van der Waals surface area contributed by atoms with Crippen LogP contribution in [0.5, 0.6) is 23.0 Å². The Morgan fingerprint density at radius 2 is 1.75 bits per heavy atom. The van der Waals surface area contributed by atoms with Crippen LogP contribution in [0.3, 0.4) is 0 Å². The molecule has 9 nitrogen and oxygen atoms in total. The Balaban J connectivity index is 1.50. The Bertz CT molecular complexity index is 1660. The minimum Gasteiger partial charge on any atom is -0.497 e. The number of fused-ring (bicyclic) bond motifs is 1. The van der Waals surface area contributed by atoms with Gasteiger partial charge in [-0.3, -0.25) is 0 Å². The second-order valence-corrected chi connectivity index (χ2v) is 9.38. The normalized spacial score (nSPS) is 11.1. The first-order valence-corrected chi connectivity index (χ1v) is 12.8. The lowest BCUT2D eigenvalue weighted by Crippen LogP contribution is -2.04. The summed E-state index contributed by atoms with van der Waals surface area (Å²) in [6, 6.07) is 15.1. The van der Waals surface area contributed by atoms with Crippen LogP contribution < -0.4 is 24.3 Å². The first-order chi connectivity index (χ1) is 19.4. The number of ether oxygens (including phenoxy) is 4. The average Bonchev–Trinajstić information content (AvgIpc) is 3.42. The van der Waals surface area contributed by atoms with Crippen LogP contribution in [0.15, 0.2) is 71.6 Å². The molecule has 0 unspecified atom stereocenters.